The standard InChI is InChI=1S/C17H19NO/c1-2-3-9-14-10-7-8-13-16(14)17(18-19)15-11-5-4-6-12-15/h4-8,10-13,19H,2-3,9H2,1H3. The molecule has 2 aromatic rings. The van der Waals surface area contributed by atoms with E-state index in [9.17, 15) is 5.21 Å². The van der Waals surface area contributed by atoms with Crippen molar-refractivity contribution >= 4 is 5.71 Å². The number of hydrogen-bond acceptors (Lipinski definition) is 2. The van der Waals surface area contributed by atoms with Gasteiger partial charge in [-0.05, 0) is 18.4 Å². The molecule has 0 spiro atoms. The van der Waals surface area contributed by atoms with Gasteiger partial charge in [0.25, 0.3) is 0 Å². The summed E-state index contributed by atoms with van der Waals surface area (Å²) in [5.74, 6) is 0. The van der Waals surface area contributed by atoms with Crippen molar-refractivity contribution in [3.05, 3.63) is 71.3 Å². The zero-order chi connectivity index (χ0) is 13.5. The van der Waals surface area contributed by atoms with E-state index < -0.39 is 0 Å². The molecule has 0 fully saturated rings. The number of benzene rings is 2. The summed E-state index contributed by atoms with van der Waals surface area (Å²) in [6.07, 6.45) is 3.31. The van der Waals surface area contributed by atoms with Crippen molar-refractivity contribution < 1.29 is 5.21 Å². The maximum atomic E-state index is 9.37. The van der Waals surface area contributed by atoms with Gasteiger partial charge in [-0.2, -0.15) is 0 Å². The average molecular weight is 253 g/mol. The topological polar surface area (TPSA) is 32.6 Å². The smallest absolute Gasteiger partial charge is 0.117 e. The Morgan fingerprint density at radius 3 is 2.37 bits per heavy atom. The molecule has 0 aliphatic carbocycles. The van der Waals surface area contributed by atoms with Crippen molar-refractivity contribution in [2.24, 2.45) is 5.16 Å². The molecule has 0 heterocycles. The number of oxime groups is 1. The Kier molecular flexibility index (Phi) is 4.73. The van der Waals surface area contributed by atoms with Gasteiger partial charge in [-0.3, -0.25) is 0 Å². The van der Waals surface area contributed by atoms with Crippen LogP contribution < -0.4 is 0 Å². The molecule has 1 N–H and O–H groups in total. The van der Waals surface area contributed by atoms with Crippen molar-refractivity contribution in [1.29, 1.82) is 0 Å². The fraction of sp³-hybridized carbons (Fsp3) is 0.235. The predicted molar refractivity (Wildman–Crippen MR) is 78.9 cm³/mol. The van der Waals surface area contributed by atoms with Gasteiger partial charge in [0.2, 0.25) is 0 Å². The first-order valence-electron chi connectivity index (χ1n) is 6.72. The predicted octanol–water partition coefficient (Wildman–Crippen LogP) is 4.26. The van der Waals surface area contributed by atoms with Gasteiger partial charge < -0.3 is 5.21 Å². The summed E-state index contributed by atoms with van der Waals surface area (Å²) in [6, 6.07) is 17.9. The van der Waals surface area contributed by atoms with Crippen molar-refractivity contribution in [2.45, 2.75) is 26.2 Å². The van der Waals surface area contributed by atoms with Gasteiger partial charge in [0.15, 0.2) is 0 Å². The van der Waals surface area contributed by atoms with Crippen LogP contribution >= 0.6 is 0 Å². The van der Waals surface area contributed by atoms with E-state index in [0.717, 1.165) is 30.4 Å². The Morgan fingerprint density at radius 2 is 1.68 bits per heavy atom. The van der Waals surface area contributed by atoms with E-state index in [4.69, 9.17) is 0 Å². The van der Waals surface area contributed by atoms with Gasteiger partial charge >= 0.3 is 0 Å². The second-order valence-electron chi connectivity index (χ2n) is 4.58. The number of nitrogens with zero attached hydrogens (tertiary/aromatic N) is 1. The minimum absolute atomic E-state index is 0.646. The van der Waals surface area contributed by atoms with Gasteiger partial charge in [0, 0.05) is 11.1 Å². The Morgan fingerprint density at radius 1 is 1.00 bits per heavy atom. The lowest BCUT2D eigenvalue weighted by Crippen LogP contribution is -2.07. The largest absolute Gasteiger partial charge is 0.410 e. The zero-order valence-electron chi connectivity index (χ0n) is 11.2. The number of aryl methyl sites for hydroxylation is 1. The summed E-state index contributed by atoms with van der Waals surface area (Å²) >= 11 is 0. The van der Waals surface area contributed by atoms with Crippen LogP contribution in [0.3, 0.4) is 0 Å². The summed E-state index contributed by atoms with van der Waals surface area (Å²) < 4.78 is 0. The van der Waals surface area contributed by atoms with Crippen LogP contribution in [0.5, 0.6) is 0 Å². The number of hydrogen-bond donors (Lipinski definition) is 1. The first kappa shape index (κ1) is 13.3. The number of rotatable bonds is 5. The normalized spacial score (nSPS) is 11.5. The van der Waals surface area contributed by atoms with Crippen LogP contribution in [0.2, 0.25) is 0 Å². The van der Waals surface area contributed by atoms with E-state index in [1.54, 1.807) is 0 Å². The first-order valence-corrected chi connectivity index (χ1v) is 6.72. The van der Waals surface area contributed by atoms with E-state index in [1.165, 1.54) is 5.56 Å². The molecule has 98 valence electrons. The van der Waals surface area contributed by atoms with Crippen LogP contribution in [0.1, 0.15) is 36.5 Å². The third-order valence-electron chi connectivity index (χ3n) is 3.22. The zero-order valence-corrected chi connectivity index (χ0v) is 11.2. The maximum Gasteiger partial charge on any atom is 0.117 e. The average Bonchev–Trinajstić information content (AvgIpc) is 2.48. The highest BCUT2D eigenvalue weighted by molar-refractivity contribution is 6.13. The fourth-order valence-electron chi connectivity index (χ4n) is 2.20. The summed E-state index contributed by atoms with van der Waals surface area (Å²) in [5.41, 5.74) is 3.84. The van der Waals surface area contributed by atoms with E-state index in [2.05, 4.69) is 18.1 Å². The monoisotopic (exact) mass is 253 g/mol. The molecule has 0 amide bonds. The van der Waals surface area contributed by atoms with Gasteiger partial charge in [-0.1, -0.05) is 73.1 Å². The Hall–Kier alpha value is -2.09. The van der Waals surface area contributed by atoms with Crippen molar-refractivity contribution in [3.63, 3.8) is 0 Å². The molecule has 0 aliphatic rings. The third-order valence-corrected chi connectivity index (χ3v) is 3.22. The molecule has 0 unspecified atom stereocenters. The number of unbranched alkanes of at least 4 members (excludes halogenated alkanes) is 1. The van der Waals surface area contributed by atoms with E-state index in [1.807, 2.05) is 48.5 Å². The molecule has 0 aromatic heterocycles. The van der Waals surface area contributed by atoms with Crippen LogP contribution in [-0.2, 0) is 6.42 Å². The Bertz CT molecular complexity index is 546. The highest BCUT2D eigenvalue weighted by atomic mass is 16.4. The molecule has 2 rings (SSSR count). The molecule has 0 bridgehead atoms. The Labute approximate surface area is 114 Å². The van der Waals surface area contributed by atoms with Gasteiger partial charge in [0.1, 0.15) is 5.71 Å². The lowest BCUT2D eigenvalue weighted by Gasteiger charge is -2.10. The van der Waals surface area contributed by atoms with Crippen molar-refractivity contribution in [3.8, 4) is 0 Å². The second kappa shape index (κ2) is 6.74. The minimum atomic E-state index is 0.646. The lowest BCUT2D eigenvalue weighted by atomic mass is 9.95. The maximum absolute atomic E-state index is 9.37. The van der Waals surface area contributed by atoms with Crippen molar-refractivity contribution in [1.82, 2.24) is 0 Å². The molecule has 0 aliphatic heterocycles. The molecular weight excluding hydrogens is 234 g/mol. The second-order valence-corrected chi connectivity index (χ2v) is 4.58. The van der Waals surface area contributed by atoms with Crippen LogP contribution in [0, 0.1) is 0 Å². The van der Waals surface area contributed by atoms with Crippen molar-refractivity contribution in [2.75, 3.05) is 0 Å². The fourth-order valence-corrected chi connectivity index (χ4v) is 2.20. The molecular formula is C17H19NO. The summed E-state index contributed by atoms with van der Waals surface area (Å²) in [6.45, 7) is 2.18. The minimum Gasteiger partial charge on any atom is -0.410 e. The van der Waals surface area contributed by atoms with E-state index in [0.29, 0.717) is 5.71 Å². The van der Waals surface area contributed by atoms with E-state index in [-0.39, 0.29) is 0 Å². The highest BCUT2D eigenvalue weighted by Gasteiger charge is 2.11. The van der Waals surface area contributed by atoms with Gasteiger partial charge in [-0.25, -0.2) is 0 Å². The molecule has 0 saturated heterocycles. The van der Waals surface area contributed by atoms with Crippen LogP contribution in [0.15, 0.2) is 59.8 Å². The quantitative estimate of drug-likeness (QED) is 0.482. The van der Waals surface area contributed by atoms with E-state index >= 15 is 0 Å². The van der Waals surface area contributed by atoms with Gasteiger partial charge in [-0.15, -0.1) is 0 Å². The van der Waals surface area contributed by atoms with Gasteiger partial charge in [0.05, 0.1) is 0 Å². The first-order chi connectivity index (χ1) is 9.36. The molecule has 2 aromatic carbocycles. The summed E-state index contributed by atoms with van der Waals surface area (Å²) in [4.78, 5) is 0. The SMILES string of the molecule is CCCCc1ccccc1C(=NO)c1ccccc1. The molecule has 0 saturated carbocycles. The van der Waals surface area contributed by atoms with Crippen LogP contribution in [-0.4, -0.2) is 10.9 Å². The molecule has 2 heteroatoms. The summed E-state index contributed by atoms with van der Waals surface area (Å²) in [7, 11) is 0. The molecule has 0 atom stereocenters. The molecule has 2 nitrogen and oxygen atoms in total. The van der Waals surface area contributed by atoms with Crippen LogP contribution in [0.25, 0.3) is 0 Å². The molecule has 0 radical (unpaired) electrons. The highest BCUT2D eigenvalue weighted by Crippen LogP contribution is 2.17. The van der Waals surface area contributed by atoms with Crippen LogP contribution in [0.4, 0.5) is 0 Å². The summed E-state index contributed by atoms with van der Waals surface area (Å²) in [5, 5.41) is 12.9. The lowest BCUT2D eigenvalue weighted by molar-refractivity contribution is 0.319. The third kappa shape index (κ3) is 3.22. The Balaban J connectivity index is 2.39. The molecule has 19 heavy (non-hydrogen) atoms.